The largest absolute Gasteiger partial charge is 0.508 e. The van der Waals surface area contributed by atoms with Gasteiger partial charge in [-0.1, -0.05) is 36.4 Å². The lowest BCUT2D eigenvalue weighted by Gasteiger charge is -2.13. The maximum Gasteiger partial charge on any atom is 0.172 e. The number of rotatable bonds is 3. The first kappa shape index (κ1) is 14.7. The van der Waals surface area contributed by atoms with Crippen LogP contribution in [0.4, 0.5) is 0 Å². The van der Waals surface area contributed by atoms with Crippen molar-refractivity contribution in [3.05, 3.63) is 83.9 Å². The fourth-order valence-electron chi connectivity index (χ4n) is 2.73. The number of phenols is 1. The molecule has 1 N–H and O–H groups in total. The van der Waals surface area contributed by atoms with Gasteiger partial charge in [-0.05, 0) is 50.2 Å². The molecule has 0 aromatic heterocycles. The summed E-state index contributed by atoms with van der Waals surface area (Å²) in [5.74, 6) is 0.337. The molecule has 1 nitrogen and oxygen atoms in total. The predicted octanol–water partition coefficient (Wildman–Crippen LogP) is 5.10. The van der Waals surface area contributed by atoms with Gasteiger partial charge in [0.05, 0.1) is 10.9 Å². The SMILES string of the molecule is Cc1cc(O)cc(C)c1[S+](c1ccccc1)c1ccccc1. The maximum absolute atomic E-state index is 9.84. The molecule has 0 atom stereocenters. The molecule has 0 saturated heterocycles. The molecule has 0 aliphatic heterocycles. The Morgan fingerprint density at radius 1 is 0.682 bits per heavy atom. The van der Waals surface area contributed by atoms with Gasteiger partial charge in [-0.25, -0.2) is 0 Å². The van der Waals surface area contributed by atoms with E-state index in [9.17, 15) is 5.11 Å². The second-order valence-electron chi connectivity index (χ2n) is 5.34. The van der Waals surface area contributed by atoms with Gasteiger partial charge in [0.15, 0.2) is 14.7 Å². The van der Waals surface area contributed by atoms with Crippen molar-refractivity contribution in [2.45, 2.75) is 28.5 Å². The Hall–Kier alpha value is -2.19. The number of hydrogen-bond acceptors (Lipinski definition) is 1. The highest BCUT2D eigenvalue weighted by molar-refractivity contribution is 7.97. The molecule has 110 valence electrons. The summed E-state index contributed by atoms with van der Waals surface area (Å²) in [6.45, 7) is 4.15. The molecule has 0 heterocycles. The van der Waals surface area contributed by atoms with Gasteiger partial charge in [-0.15, -0.1) is 0 Å². The van der Waals surface area contributed by atoms with Crippen LogP contribution in [0.2, 0.25) is 0 Å². The zero-order chi connectivity index (χ0) is 15.5. The maximum atomic E-state index is 9.84. The first-order valence-corrected chi connectivity index (χ1v) is 8.54. The Labute approximate surface area is 134 Å². The van der Waals surface area contributed by atoms with Crippen LogP contribution in [-0.2, 0) is 10.9 Å². The van der Waals surface area contributed by atoms with Crippen LogP contribution < -0.4 is 0 Å². The molecule has 3 aromatic carbocycles. The second-order valence-corrected chi connectivity index (χ2v) is 7.30. The molecule has 0 fully saturated rings. The van der Waals surface area contributed by atoms with Crippen LogP contribution in [0.3, 0.4) is 0 Å². The minimum atomic E-state index is -0.157. The summed E-state index contributed by atoms with van der Waals surface area (Å²) < 4.78 is 0. The molecular formula is C20H19OS+. The van der Waals surface area contributed by atoms with Gasteiger partial charge in [-0.2, -0.15) is 0 Å². The first-order chi connectivity index (χ1) is 10.7. The van der Waals surface area contributed by atoms with Gasteiger partial charge >= 0.3 is 0 Å². The predicted molar refractivity (Wildman–Crippen MR) is 92.6 cm³/mol. The van der Waals surface area contributed by atoms with Crippen LogP contribution in [0.1, 0.15) is 11.1 Å². The lowest BCUT2D eigenvalue weighted by molar-refractivity contribution is 0.473. The van der Waals surface area contributed by atoms with Crippen LogP contribution >= 0.6 is 0 Å². The quantitative estimate of drug-likeness (QED) is 0.667. The Bertz CT molecular complexity index is 704. The van der Waals surface area contributed by atoms with E-state index in [1.165, 1.54) is 14.7 Å². The molecule has 3 aromatic rings. The average Bonchev–Trinajstić information content (AvgIpc) is 2.52. The zero-order valence-electron chi connectivity index (χ0n) is 12.8. The van der Waals surface area contributed by atoms with Gasteiger partial charge in [0.1, 0.15) is 5.75 Å². The highest BCUT2D eigenvalue weighted by Gasteiger charge is 2.31. The van der Waals surface area contributed by atoms with Crippen molar-refractivity contribution < 1.29 is 5.11 Å². The molecule has 2 heteroatoms. The van der Waals surface area contributed by atoms with Crippen molar-refractivity contribution >= 4 is 10.9 Å². The third kappa shape index (κ3) is 2.88. The molecule has 0 saturated carbocycles. The minimum Gasteiger partial charge on any atom is -0.508 e. The van der Waals surface area contributed by atoms with E-state index in [2.05, 4.69) is 62.4 Å². The van der Waals surface area contributed by atoms with Gasteiger partial charge in [0.25, 0.3) is 0 Å². The summed E-state index contributed by atoms with van der Waals surface area (Å²) in [5, 5.41) is 9.84. The van der Waals surface area contributed by atoms with E-state index in [1.807, 2.05) is 24.3 Å². The first-order valence-electron chi connectivity index (χ1n) is 7.31. The Kier molecular flexibility index (Phi) is 4.21. The van der Waals surface area contributed by atoms with E-state index < -0.39 is 0 Å². The van der Waals surface area contributed by atoms with Crippen molar-refractivity contribution in [1.82, 2.24) is 0 Å². The normalized spacial score (nSPS) is 10.9. The highest BCUT2D eigenvalue weighted by Crippen LogP contribution is 2.36. The van der Waals surface area contributed by atoms with E-state index in [0.717, 1.165) is 11.1 Å². The Morgan fingerprint density at radius 3 is 1.50 bits per heavy atom. The monoisotopic (exact) mass is 307 g/mol. The van der Waals surface area contributed by atoms with Gasteiger partial charge < -0.3 is 5.11 Å². The number of aryl methyl sites for hydroxylation is 2. The molecule has 0 unspecified atom stereocenters. The minimum absolute atomic E-state index is 0.157. The van der Waals surface area contributed by atoms with E-state index in [4.69, 9.17) is 0 Å². The lowest BCUT2D eigenvalue weighted by atomic mass is 10.1. The molecule has 0 bridgehead atoms. The van der Waals surface area contributed by atoms with Gasteiger partial charge in [0.2, 0.25) is 0 Å². The van der Waals surface area contributed by atoms with Crippen LogP contribution in [0.25, 0.3) is 0 Å². The van der Waals surface area contributed by atoms with Gasteiger partial charge in [0, 0.05) is 11.1 Å². The molecule has 0 aliphatic carbocycles. The Morgan fingerprint density at radius 2 is 1.09 bits per heavy atom. The molecule has 0 aliphatic rings. The van der Waals surface area contributed by atoms with Crippen molar-refractivity contribution in [3.8, 4) is 5.75 Å². The summed E-state index contributed by atoms with van der Waals surface area (Å²) in [6, 6.07) is 24.9. The smallest absolute Gasteiger partial charge is 0.172 e. The molecule has 0 amide bonds. The topological polar surface area (TPSA) is 20.2 Å². The molecule has 3 rings (SSSR count). The van der Waals surface area contributed by atoms with Crippen molar-refractivity contribution in [1.29, 1.82) is 0 Å². The van der Waals surface area contributed by atoms with Crippen LogP contribution in [-0.4, -0.2) is 5.11 Å². The zero-order valence-corrected chi connectivity index (χ0v) is 13.6. The molecule has 22 heavy (non-hydrogen) atoms. The molecule has 0 spiro atoms. The fourth-order valence-corrected chi connectivity index (χ4v) is 5.10. The third-order valence-electron chi connectivity index (χ3n) is 3.61. The number of hydrogen-bond donors (Lipinski definition) is 1. The van der Waals surface area contributed by atoms with E-state index in [0.29, 0.717) is 5.75 Å². The number of benzene rings is 3. The highest BCUT2D eigenvalue weighted by atomic mass is 32.2. The summed E-state index contributed by atoms with van der Waals surface area (Å²) in [4.78, 5) is 3.89. The summed E-state index contributed by atoms with van der Waals surface area (Å²) in [7, 11) is -0.157. The van der Waals surface area contributed by atoms with Crippen LogP contribution in [0.15, 0.2) is 87.5 Å². The average molecular weight is 307 g/mol. The standard InChI is InChI=1S/C20H18OS/c1-15-13-17(21)14-16(2)20(15)22(18-9-5-3-6-10-18)19-11-7-4-8-12-19/h3-14H,1-2H3/p+1. The summed E-state index contributed by atoms with van der Waals surface area (Å²) >= 11 is 0. The second kappa shape index (κ2) is 6.29. The molecule has 0 radical (unpaired) electrons. The van der Waals surface area contributed by atoms with E-state index in [-0.39, 0.29) is 10.9 Å². The summed E-state index contributed by atoms with van der Waals surface area (Å²) in [5.41, 5.74) is 2.27. The van der Waals surface area contributed by atoms with Crippen molar-refractivity contribution in [3.63, 3.8) is 0 Å². The summed E-state index contributed by atoms with van der Waals surface area (Å²) in [6.07, 6.45) is 0. The molecular weight excluding hydrogens is 288 g/mol. The van der Waals surface area contributed by atoms with Crippen molar-refractivity contribution in [2.24, 2.45) is 0 Å². The number of aromatic hydroxyl groups is 1. The lowest BCUT2D eigenvalue weighted by Crippen LogP contribution is -2.08. The third-order valence-corrected chi connectivity index (χ3v) is 6.15. The van der Waals surface area contributed by atoms with E-state index >= 15 is 0 Å². The number of phenolic OH excluding ortho intramolecular Hbond substituents is 1. The van der Waals surface area contributed by atoms with E-state index in [1.54, 1.807) is 0 Å². The van der Waals surface area contributed by atoms with Crippen molar-refractivity contribution in [2.75, 3.05) is 0 Å². The fraction of sp³-hybridized carbons (Fsp3) is 0.100. The van der Waals surface area contributed by atoms with Crippen LogP contribution in [0.5, 0.6) is 5.75 Å². The van der Waals surface area contributed by atoms with Crippen LogP contribution in [0, 0.1) is 13.8 Å². The Balaban J connectivity index is 2.24. The van der Waals surface area contributed by atoms with Gasteiger partial charge in [-0.3, -0.25) is 0 Å².